The van der Waals surface area contributed by atoms with Crippen LogP contribution in [-0.4, -0.2) is 17.6 Å². The summed E-state index contributed by atoms with van der Waals surface area (Å²) in [6.07, 6.45) is 3.43. The molecule has 0 aliphatic heterocycles. The largest absolute Gasteiger partial charge is 0.392 e. The van der Waals surface area contributed by atoms with Gasteiger partial charge in [-0.25, -0.2) is 0 Å². The fraction of sp³-hybridized carbons (Fsp3) is 0.500. The zero-order valence-electron chi connectivity index (χ0n) is 10.7. The van der Waals surface area contributed by atoms with Crippen LogP contribution in [0.3, 0.4) is 0 Å². The monoisotopic (exact) mass is 250 g/mol. The molecule has 0 fully saturated rings. The van der Waals surface area contributed by atoms with Crippen molar-refractivity contribution in [3.8, 4) is 0 Å². The zero-order valence-corrected chi connectivity index (χ0v) is 10.7. The molecule has 1 aromatic rings. The molecule has 0 heterocycles. The number of hydrogen-bond acceptors (Lipinski definition) is 3. The topological polar surface area (TPSA) is 75.4 Å². The van der Waals surface area contributed by atoms with Crippen LogP contribution < -0.4 is 11.1 Å². The van der Waals surface area contributed by atoms with Crippen molar-refractivity contribution in [2.75, 3.05) is 6.54 Å². The smallest absolute Gasteiger partial charge is 0.220 e. The van der Waals surface area contributed by atoms with Crippen molar-refractivity contribution in [1.82, 2.24) is 5.32 Å². The Morgan fingerprint density at radius 1 is 1.22 bits per heavy atom. The predicted molar refractivity (Wildman–Crippen MR) is 71.7 cm³/mol. The fourth-order valence-electron chi connectivity index (χ4n) is 1.73. The number of unbranched alkanes of at least 4 members (excludes halogenated alkanes) is 2. The second kappa shape index (κ2) is 8.66. The number of nitrogens with one attached hydrogen (secondary N) is 1. The van der Waals surface area contributed by atoms with Crippen LogP contribution >= 0.6 is 0 Å². The van der Waals surface area contributed by atoms with Crippen LogP contribution in [0.15, 0.2) is 24.3 Å². The quantitative estimate of drug-likeness (QED) is 0.609. The molecular formula is C14H22N2O2. The van der Waals surface area contributed by atoms with E-state index in [4.69, 9.17) is 10.8 Å². The van der Waals surface area contributed by atoms with Gasteiger partial charge in [-0.15, -0.1) is 0 Å². The molecule has 0 aliphatic carbocycles. The van der Waals surface area contributed by atoms with E-state index in [1.54, 1.807) is 0 Å². The maximum atomic E-state index is 11.5. The third-order valence-corrected chi connectivity index (χ3v) is 2.77. The highest BCUT2D eigenvalue weighted by Crippen LogP contribution is 2.05. The van der Waals surface area contributed by atoms with Crippen molar-refractivity contribution < 1.29 is 9.90 Å². The number of carbonyl (C=O) groups is 1. The van der Waals surface area contributed by atoms with Gasteiger partial charge in [-0.1, -0.05) is 30.7 Å². The first-order valence-corrected chi connectivity index (χ1v) is 6.41. The number of benzene rings is 1. The molecular weight excluding hydrogens is 228 g/mol. The average molecular weight is 250 g/mol. The Balaban J connectivity index is 2.24. The Morgan fingerprint density at radius 3 is 2.72 bits per heavy atom. The van der Waals surface area contributed by atoms with Crippen LogP contribution in [0.1, 0.15) is 36.8 Å². The molecule has 0 spiro atoms. The molecule has 1 amide bonds. The van der Waals surface area contributed by atoms with Crippen LogP contribution in [-0.2, 0) is 17.9 Å². The van der Waals surface area contributed by atoms with Gasteiger partial charge in [-0.05, 0) is 30.5 Å². The lowest BCUT2D eigenvalue weighted by atomic mass is 10.1. The maximum Gasteiger partial charge on any atom is 0.220 e. The number of nitrogens with two attached hydrogens (primary N) is 1. The third kappa shape index (κ3) is 5.80. The number of rotatable bonds is 8. The molecule has 1 aromatic carbocycles. The molecule has 4 N–H and O–H groups in total. The molecule has 0 unspecified atom stereocenters. The van der Waals surface area contributed by atoms with E-state index in [-0.39, 0.29) is 12.5 Å². The number of carbonyl (C=O) groups excluding carboxylic acids is 1. The van der Waals surface area contributed by atoms with Crippen LogP contribution in [0.2, 0.25) is 0 Å². The first kappa shape index (κ1) is 14.7. The van der Waals surface area contributed by atoms with E-state index in [9.17, 15) is 4.79 Å². The Bertz CT molecular complexity index is 367. The number of aliphatic hydroxyl groups excluding tert-OH is 1. The van der Waals surface area contributed by atoms with Crippen LogP contribution in [0.25, 0.3) is 0 Å². The number of amides is 1. The fourth-order valence-corrected chi connectivity index (χ4v) is 1.73. The van der Waals surface area contributed by atoms with Gasteiger partial charge in [-0.2, -0.15) is 0 Å². The van der Waals surface area contributed by atoms with Crippen molar-refractivity contribution in [2.45, 2.75) is 38.8 Å². The highest BCUT2D eigenvalue weighted by molar-refractivity contribution is 5.75. The van der Waals surface area contributed by atoms with Gasteiger partial charge in [-0.3, -0.25) is 4.79 Å². The van der Waals surface area contributed by atoms with Gasteiger partial charge < -0.3 is 16.2 Å². The number of hydrogen-bond donors (Lipinski definition) is 3. The first-order valence-electron chi connectivity index (χ1n) is 6.41. The summed E-state index contributed by atoms with van der Waals surface area (Å²) in [5.74, 6) is 0.0708. The van der Waals surface area contributed by atoms with Gasteiger partial charge >= 0.3 is 0 Å². The second-order valence-corrected chi connectivity index (χ2v) is 4.35. The summed E-state index contributed by atoms with van der Waals surface area (Å²) in [6.45, 7) is 1.24. The van der Waals surface area contributed by atoms with Crippen molar-refractivity contribution in [1.29, 1.82) is 0 Å². The molecule has 100 valence electrons. The molecule has 18 heavy (non-hydrogen) atoms. The van der Waals surface area contributed by atoms with E-state index < -0.39 is 0 Å². The normalized spacial score (nSPS) is 10.3. The highest BCUT2D eigenvalue weighted by atomic mass is 16.3. The van der Waals surface area contributed by atoms with Crippen molar-refractivity contribution >= 4 is 5.91 Å². The second-order valence-electron chi connectivity index (χ2n) is 4.35. The maximum absolute atomic E-state index is 11.5. The predicted octanol–water partition coefficient (Wildman–Crippen LogP) is 1.31. The highest BCUT2D eigenvalue weighted by Gasteiger charge is 2.01. The lowest BCUT2D eigenvalue weighted by Crippen LogP contribution is -2.22. The summed E-state index contributed by atoms with van der Waals surface area (Å²) in [4.78, 5) is 11.5. The summed E-state index contributed by atoms with van der Waals surface area (Å²) < 4.78 is 0. The first-order chi connectivity index (χ1) is 8.76. The van der Waals surface area contributed by atoms with Crippen LogP contribution in [0.4, 0.5) is 0 Å². The minimum atomic E-state index is 0.0286. The molecule has 0 saturated heterocycles. The van der Waals surface area contributed by atoms with E-state index >= 15 is 0 Å². The van der Waals surface area contributed by atoms with E-state index in [1.165, 1.54) is 0 Å². The van der Waals surface area contributed by atoms with Crippen LogP contribution in [0, 0.1) is 0 Å². The van der Waals surface area contributed by atoms with Crippen molar-refractivity contribution in [3.05, 3.63) is 35.4 Å². The van der Waals surface area contributed by atoms with Gasteiger partial charge in [0.1, 0.15) is 0 Å². The summed E-state index contributed by atoms with van der Waals surface area (Å²) in [7, 11) is 0. The summed E-state index contributed by atoms with van der Waals surface area (Å²) >= 11 is 0. The molecule has 4 nitrogen and oxygen atoms in total. The average Bonchev–Trinajstić information content (AvgIpc) is 2.41. The number of aliphatic hydroxyl groups is 1. The van der Waals surface area contributed by atoms with Gasteiger partial charge in [0.15, 0.2) is 0 Å². The summed E-state index contributed by atoms with van der Waals surface area (Å²) in [5.41, 5.74) is 7.26. The standard InChI is InChI=1S/C14H22N2O2/c15-8-3-1-2-7-14(18)16-10-12-5-4-6-13(9-12)11-17/h4-6,9,17H,1-3,7-8,10-11,15H2,(H,16,18). The van der Waals surface area contributed by atoms with Crippen LogP contribution in [0.5, 0.6) is 0 Å². The SMILES string of the molecule is NCCCCCC(=O)NCc1cccc(CO)c1. The Morgan fingerprint density at radius 2 is 2.00 bits per heavy atom. The van der Waals surface area contributed by atoms with Crippen molar-refractivity contribution in [2.24, 2.45) is 5.73 Å². The molecule has 0 aliphatic rings. The Labute approximate surface area is 108 Å². The van der Waals surface area contributed by atoms with Gasteiger partial charge in [0.25, 0.3) is 0 Å². The lowest BCUT2D eigenvalue weighted by molar-refractivity contribution is -0.121. The molecule has 0 saturated carbocycles. The zero-order chi connectivity index (χ0) is 13.2. The molecule has 0 bridgehead atoms. The van der Waals surface area contributed by atoms with E-state index in [0.29, 0.717) is 19.5 Å². The van der Waals surface area contributed by atoms with Gasteiger partial charge in [0, 0.05) is 13.0 Å². The lowest BCUT2D eigenvalue weighted by Gasteiger charge is -2.06. The molecule has 0 aromatic heterocycles. The summed E-state index contributed by atoms with van der Waals surface area (Å²) in [5, 5.41) is 11.9. The van der Waals surface area contributed by atoms with Gasteiger partial charge in [0.05, 0.1) is 6.61 Å². The molecule has 0 atom stereocenters. The third-order valence-electron chi connectivity index (χ3n) is 2.77. The molecule has 0 radical (unpaired) electrons. The summed E-state index contributed by atoms with van der Waals surface area (Å²) in [6, 6.07) is 7.58. The Kier molecular flexibility index (Phi) is 7.06. The van der Waals surface area contributed by atoms with E-state index in [2.05, 4.69) is 5.32 Å². The van der Waals surface area contributed by atoms with E-state index in [0.717, 1.165) is 30.4 Å². The van der Waals surface area contributed by atoms with Gasteiger partial charge in [0.2, 0.25) is 5.91 Å². The minimum absolute atomic E-state index is 0.0286. The minimum Gasteiger partial charge on any atom is -0.392 e. The Hall–Kier alpha value is -1.39. The van der Waals surface area contributed by atoms with Crippen molar-refractivity contribution in [3.63, 3.8) is 0 Å². The van der Waals surface area contributed by atoms with E-state index in [1.807, 2.05) is 24.3 Å². The molecule has 1 rings (SSSR count). The molecule has 4 heteroatoms.